The molecule has 90 valence electrons. The van der Waals surface area contributed by atoms with Crippen LogP contribution in [0, 0.1) is 0 Å². The van der Waals surface area contributed by atoms with Crippen LogP contribution in [-0.2, 0) is 14.3 Å². The molecule has 4 amide bonds. The van der Waals surface area contributed by atoms with E-state index in [0.717, 1.165) is 4.90 Å². The Kier molecular flexibility index (Phi) is 4.51. The summed E-state index contributed by atoms with van der Waals surface area (Å²) < 4.78 is 5.02. The van der Waals surface area contributed by atoms with Gasteiger partial charge >= 0.3 is 6.03 Å². The number of carbonyl (C=O) groups is 3. The normalized spacial score (nSPS) is 20.3. The topological polar surface area (TPSA) is 102 Å². The Morgan fingerprint density at radius 1 is 1.50 bits per heavy atom. The first-order valence-electron chi connectivity index (χ1n) is 4.59. The van der Waals surface area contributed by atoms with Gasteiger partial charge in [0, 0.05) is 6.54 Å². The molecule has 1 heterocycles. The van der Waals surface area contributed by atoms with Gasteiger partial charge < -0.3 is 15.4 Å². The van der Waals surface area contributed by atoms with E-state index in [1.54, 1.807) is 0 Å². The van der Waals surface area contributed by atoms with Crippen LogP contribution in [-0.4, -0.2) is 54.4 Å². The van der Waals surface area contributed by atoms with E-state index >= 15 is 0 Å². The highest BCUT2D eigenvalue weighted by Gasteiger charge is 2.31. The Morgan fingerprint density at radius 3 is 2.75 bits per heavy atom. The Bertz CT molecular complexity index is 310. The van der Waals surface area contributed by atoms with Crippen LogP contribution in [0.5, 0.6) is 0 Å². The van der Waals surface area contributed by atoms with Crippen LogP contribution in [0.1, 0.15) is 0 Å². The number of nitrogens with one attached hydrogen (secondary N) is 1. The van der Waals surface area contributed by atoms with Crippen molar-refractivity contribution in [3.05, 3.63) is 0 Å². The third-order valence-corrected chi connectivity index (χ3v) is 2.33. The smallest absolute Gasteiger partial charge is 0.324 e. The number of morpholine rings is 1. The average molecular weight is 250 g/mol. The summed E-state index contributed by atoms with van der Waals surface area (Å²) in [5, 5.41) is 2.04. The largest absolute Gasteiger partial charge is 0.377 e. The maximum absolute atomic E-state index is 11.6. The number of rotatable bonds is 2. The van der Waals surface area contributed by atoms with Crippen molar-refractivity contribution in [1.29, 1.82) is 0 Å². The molecular weight excluding hydrogens is 238 g/mol. The van der Waals surface area contributed by atoms with Crippen molar-refractivity contribution in [2.24, 2.45) is 5.73 Å². The first-order chi connectivity index (χ1) is 7.56. The molecule has 1 fully saturated rings. The number of amides is 4. The minimum atomic E-state index is -0.850. The van der Waals surface area contributed by atoms with E-state index in [-0.39, 0.29) is 19.0 Å². The van der Waals surface area contributed by atoms with Crippen molar-refractivity contribution in [3.63, 3.8) is 0 Å². The third kappa shape index (κ3) is 3.07. The summed E-state index contributed by atoms with van der Waals surface area (Å²) in [6.45, 7) is 0.541. The van der Waals surface area contributed by atoms with Gasteiger partial charge in [-0.15, -0.1) is 11.6 Å². The third-order valence-electron chi connectivity index (χ3n) is 2.09. The average Bonchev–Trinajstić information content (AvgIpc) is 2.28. The number of urea groups is 1. The van der Waals surface area contributed by atoms with E-state index in [0.29, 0.717) is 6.61 Å². The molecule has 0 bridgehead atoms. The summed E-state index contributed by atoms with van der Waals surface area (Å²) in [5.74, 6) is -1.62. The van der Waals surface area contributed by atoms with Gasteiger partial charge in [-0.05, 0) is 0 Å². The summed E-state index contributed by atoms with van der Waals surface area (Å²) in [6.07, 6.45) is 0. The van der Waals surface area contributed by atoms with Crippen molar-refractivity contribution in [1.82, 2.24) is 10.2 Å². The first-order valence-corrected chi connectivity index (χ1v) is 5.13. The van der Waals surface area contributed by atoms with Crippen molar-refractivity contribution in [2.75, 3.05) is 25.6 Å². The number of primary amides is 1. The standard InChI is InChI=1S/C8H12ClN3O4/c9-3-6(13)11-8(15)12-1-2-16-4-5(12)7(10)14/h5H,1-4H2,(H2,10,14)(H,11,13,15). The highest BCUT2D eigenvalue weighted by atomic mass is 35.5. The predicted octanol–water partition coefficient (Wildman–Crippen LogP) is -1.35. The zero-order chi connectivity index (χ0) is 12.1. The Balaban J connectivity index is 2.64. The van der Waals surface area contributed by atoms with Crippen molar-refractivity contribution in [3.8, 4) is 0 Å². The zero-order valence-electron chi connectivity index (χ0n) is 8.44. The highest BCUT2D eigenvalue weighted by molar-refractivity contribution is 6.28. The van der Waals surface area contributed by atoms with Gasteiger partial charge in [-0.25, -0.2) is 4.79 Å². The molecule has 0 aromatic heterocycles. The Morgan fingerprint density at radius 2 is 2.19 bits per heavy atom. The second-order valence-corrected chi connectivity index (χ2v) is 3.44. The van der Waals surface area contributed by atoms with Gasteiger partial charge in [-0.1, -0.05) is 0 Å². The highest BCUT2D eigenvalue weighted by Crippen LogP contribution is 2.06. The van der Waals surface area contributed by atoms with Gasteiger partial charge in [-0.3, -0.25) is 14.9 Å². The monoisotopic (exact) mass is 249 g/mol. The molecule has 1 rings (SSSR count). The second-order valence-electron chi connectivity index (χ2n) is 3.17. The second kappa shape index (κ2) is 5.66. The molecule has 0 spiro atoms. The molecule has 0 aliphatic carbocycles. The van der Waals surface area contributed by atoms with Crippen LogP contribution >= 0.6 is 11.6 Å². The lowest BCUT2D eigenvalue weighted by molar-refractivity contribution is -0.127. The van der Waals surface area contributed by atoms with Gasteiger partial charge in [0.2, 0.25) is 11.8 Å². The summed E-state index contributed by atoms with van der Waals surface area (Å²) in [6, 6.07) is -1.53. The maximum Gasteiger partial charge on any atom is 0.324 e. The lowest BCUT2D eigenvalue weighted by Gasteiger charge is -2.33. The molecule has 1 unspecified atom stereocenters. The fraction of sp³-hybridized carbons (Fsp3) is 0.625. The van der Waals surface area contributed by atoms with Crippen molar-refractivity contribution in [2.45, 2.75) is 6.04 Å². The molecule has 7 nitrogen and oxygen atoms in total. The molecule has 1 aliphatic rings. The van der Waals surface area contributed by atoms with Crippen molar-refractivity contribution < 1.29 is 19.1 Å². The van der Waals surface area contributed by atoms with E-state index in [2.05, 4.69) is 0 Å². The SMILES string of the molecule is NC(=O)C1COCCN1C(=O)NC(=O)CCl. The Labute approximate surface area is 96.8 Å². The van der Waals surface area contributed by atoms with E-state index < -0.39 is 23.9 Å². The number of imide groups is 1. The summed E-state index contributed by atoms with van der Waals surface area (Å²) >= 11 is 5.23. The number of ether oxygens (including phenoxy) is 1. The molecule has 1 aliphatic heterocycles. The lowest BCUT2D eigenvalue weighted by Crippen LogP contribution is -2.58. The molecule has 8 heteroatoms. The minimum Gasteiger partial charge on any atom is -0.377 e. The maximum atomic E-state index is 11.6. The number of hydrogen-bond acceptors (Lipinski definition) is 4. The number of nitrogens with two attached hydrogens (primary N) is 1. The quantitative estimate of drug-likeness (QED) is 0.591. The summed E-state index contributed by atoms with van der Waals surface area (Å²) in [7, 11) is 0. The van der Waals surface area contributed by atoms with Gasteiger partial charge in [0.25, 0.3) is 0 Å². The number of alkyl halides is 1. The van der Waals surface area contributed by atoms with Crippen LogP contribution < -0.4 is 11.1 Å². The van der Waals surface area contributed by atoms with E-state index in [4.69, 9.17) is 22.1 Å². The predicted molar refractivity (Wildman–Crippen MR) is 54.8 cm³/mol. The number of hydrogen-bond donors (Lipinski definition) is 2. The lowest BCUT2D eigenvalue weighted by atomic mass is 10.2. The molecular formula is C8H12ClN3O4. The van der Waals surface area contributed by atoms with Crippen LogP contribution in [0.15, 0.2) is 0 Å². The molecule has 16 heavy (non-hydrogen) atoms. The Hall–Kier alpha value is -1.34. The molecule has 0 saturated carbocycles. The van der Waals surface area contributed by atoms with Crippen LogP contribution in [0.25, 0.3) is 0 Å². The van der Waals surface area contributed by atoms with Crippen LogP contribution in [0.3, 0.4) is 0 Å². The van der Waals surface area contributed by atoms with Crippen LogP contribution in [0.4, 0.5) is 4.79 Å². The number of halogens is 1. The van der Waals surface area contributed by atoms with Gasteiger partial charge in [0.1, 0.15) is 11.9 Å². The van der Waals surface area contributed by atoms with Gasteiger partial charge in [-0.2, -0.15) is 0 Å². The zero-order valence-corrected chi connectivity index (χ0v) is 9.20. The summed E-state index contributed by atoms with van der Waals surface area (Å²) in [5.41, 5.74) is 5.11. The molecule has 0 aromatic carbocycles. The molecule has 1 saturated heterocycles. The fourth-order valence-corrected chi connectivity index (χ4v) is 1.37. The fourth-order valence-electron chi connectivity index (χ4n) is 1.31. The van der Waals surface area contributed by atoms with Crippen molar-refractivity contribution >= 4 is 29.4 Å². The van der Waals surface area contributed by atoms with Gasteiger partial charge in [0.15, 0.2) is 0 Å². The minimum absolute atomic E-state index is 0.0395. The molecule has 3 N–H and O–H groups in total. The van der Waals surface area contributed by atoms with E-state index in [9.17, 15) is 14.4 Å². The van der Waals surface area contributed by atoms with E-state index in [1.807, 2.05) is 5.32 Å². The summed E-state index contributed by atoms with van der Waals surface area (Å²) in [4.78, 5) is 34.7. The van der Waals surface area contributed by atoms with Crippen LogP contribution in [0.2, 0.25) is 0 Å². The first kappa shape index (κ1) is 12.7. The molecule has 0 aromatic rings. The molecule has 1 atom stereocenters. The van der Waals surface area contributed by atoms with E-state index in [1.165, 1.54) is 0 Å². The number of nitrogens with zero attached hydrogens (tertiary/aromatic N) is 1. The number of carbonyl (C=O) groups excluding carboxylic acids is 3. The van der Waals surface area contributed by atoms with Gasteiger partial charge in [0.05, 0.1) is 13.2 Å². The molecule has 0 radical (unpaired) electrons.